The van der Waals surface area contributed by atoms with Crippen molar-refractivity contribution >= 4 is 0 Å². The van der Waals surface area contributed by atoms with E-state index < -0.39 is 0 Å². The zero-order valence-electron chi connectivity index (χ0n) is 8.57. The topological polar surface area (TPSA) is 29.3 Å². The molecular weight excluding hydrogens is 176 g/mol. The summed E-state index contributed by atoms with van der Waals surface area (Å²) in [6.07, 6.45) is 4.03. The first kappa shape index (κ1) is 8.48. The molecule has 0 amide bonds. The van der Waals surface area contributed by atoms with Crippen LogP contribution in [-0.4, -0.2) is 23.1 Å². The number of hydrogen-bond acceptors (Lipinski definition) is 3. The van der Waals surface area contributed by atoms with E-state index in [1.165, 1.54) is 32.4 Å². The van der Waals surface area contributed by atoms with Gasteiger partial charge in [-0.25, -0.2) is 0 Å². The zero-order valence-corrected chi connectivity index (χ0v) is 8.57. The first-order valence-corrected chi connectivity index (χ1v) is 5.50. The van der Waals surface area contributed by atoms with Crippen molar-refractivity contribution in [2.24, 2.45) is 5.92 Å². The number of aryl methyl sites for hydroxylation is 1. The minimum atomic E-state index is 0.517. The summed E-state index contributed by atoms with van der Waals surface area (Å²) in [6.45, 7) is 4.48. The minimum Gasteiger partial charge on any atom is -0.359 e. The van der Waals surface area contributed by atoms with Crippen molar-refractivity contribution in [3.05, 3.63) is 17.5 Å². The molecule has 1 unspecified atom stereocenters. The van der Waals surface area contributed by atoms with Gasteiger partial charge in [-0.3, -0.25) is 4.90 Å². The maximum Gasteiger partial charge on any atom is 0.154 e. The smallest absolute Gasteiger partial charge is 0.154 e. The Balaban J connectivity index is 1.85. The van der Waals surface area contributed by atoms with Gasteiger partial charge in [0.2, 0.25) is 0 Å². The summed E-state index contributed by atoms with van der Waals surface area (Å²) in [6, 6.07) is 2.61. The first-order valence-electron chi connectivity index (χ1n) is 5.50. The van der Waals surface area contributed by atoms with Gasteiger partial charge in [-0.1, -0.05) is 5.16 Å². The molecule has 76 valence electrons. The van der Waals surface area contributed by atoms with Gasteiger partial charge in [0, 0.05) is 6.07 Å². The van der Waals surface area contributed by atoms with Crippen molar-refractivity contribution in [1.82, 2.24) is 10.1 Å². The number of hydrogen-bond donors (Lipinski definition) is 0. The summed E-state index contributed by atoms with van der Waals surface area (Å²) in [4.78, 5) is 2.54. The van der Waals surface area contributed by atoms with Crippen LogP contribution in [-0.2, 0) is 0 Å². The predicted molar refractivity (Wildman–Crippen MR) is 52.9 cm³/mol. The molecule has 0 radical (unpaired) electrons. The van der Waals surface area contributed by atoms with Gasteiger partial charge in [0.05, 0.1) is 11.7 Å². The monoisotopic (exact) mass is 192 g/mol. The Kier molecular flexibility index (Phi) is 1.87. The van der Waals surface area contributed by atoms with Crippen LogP contribution in [0.5, 0.6) is 0 Å². The van der Waals surface area contributed by atoms with Crippen LogP contribution in [0.25, 0.3) is 0 Å². The van der Waals surface area contributed by atoms with Gasteiger partial charge in [0.25, 0.3) is 0 Å². The van der Waals surface area contributed by atoms with Gasteiger partial charge in [-0.15, -0.1) is 0 Å². The summed E-state index contributed by atoms with van der Waals surface area (Å²) >= 11 is 0. The maximum absolute atomic E-state index is 5.36. The Hall–Kier alpha value is -0.830. The molecule has 3 aliphatic heterocycles. The summed E-state index contributed by atoms with van der Waals surface area (Å²) in [5.74, 6) is 2.00. The molecule has 0 spiro atoms. The molecule has 3 nitrogen and oxygen atoms in total. The SMILES string of the molecule is Cc1cc(C2CC3CCN2CC3)on1. The molecule has 0 saturated carbocycles. The standard InChI is InChI=1S/C11H16N2O/c1-8-6-11(14-12-8)10-7-9-2-4-13(10)5-3-9/h6,9-10H,2-5,7H2,1H3. The molecule has 2 bridgehead atoms. The third kappa shape index (κ3) is 1.27. The molecule has 0 N–H and O–H groups in total. The second-order valence-electron chi connectivity index (χ2n) is 4.60. The Morgan fingerprint density at radius 2 is 2.21 bits per heavy atom. The van der Waals surface area contributed by atoms with E-state index in [1.54, 1.807) is 0 Å². The van der Waals surface area contributed by atoms with Crippen molar-refractivity contribution < 1.29 is 4.52 Å². The lowest BCUT2D eigenvalue weighted by molar-refractivity contribution is 0.0345. The van der Waals surface area contributed by atoms with E-state index in [0.717, 1.165) is 17.4 Å². The molecule has 4 rings (SSSR count). The summed E-state index contributed by atoms with van der Waals surface area (Å²) in [7, 11) is 0. The minimum absolute atomic E-state index is 0.517. The Labute approximate surface area is 84.1 Å². The van der Waals surface area contributed by atoms with Gasteiger partial charge < -0.3 is 4.52 Å². The molecule has 3 saturated heterocycles. The average molecular weight is 192 g/mol. The molecule has 3 heteroatoms. The highest BCUT2D eigenvalue weighted by Gasteiger charge is 2.36. The largest absolute Gasteiger partial charge is 0.359 e. The van der Waals surface area contributed by atoms with Crippen LogP contribution in [0.4, 0.5) is 0 Å². The highest BCUT2D eigenvalue weighted by atomic mass is 16.5. The number of fused-ring (bicyclic) bond motifs is 3. The van der Waals surface area contributed by atoms with Gasteiger partial charge in [0.1, 0.15) is 0 Å². The number of aromatic nitrogens is 1. The zero-order chi connectivity index (χ0) is 9.54. The lowest BCUT2D eigenvalue weighted by atomic mass is 9.82. The number of rotatable bonds is 1. The van der Waals surface area contributed by atoms with Crippen LogP contribution in [0, 0.1) is 12.8 Å². The maximum atomic E-state index is 5.36. The highest BCUT2D eigenvalue weighted by Crippen LogP contribution is 2.40. The van der Waals surface area contributed by atoms with Crippen LogP contribution < -0.4 is 0 Å². The van der Waals surface area contributed by atoms with Gasteiger partial charge in [-0.2, -0.15) is 0 Å². The van der Waals surface area contributed by atoms with Gasteiger partial charge >= 0.3 is 0 Å². The molecular formula is C11H16N2O. The van der Waals surface area contributed by atoms with Crippen molar-refractivity contribution in [1.29, 1.82) is 0 Å². The highest BCUT2D eigenvalue weighted by molar-refractivity contribution is 5.10. The van der Waals surface area contributed by atoms with Gasteiger partial charge in [0.15, 0.2) is 5.76 Å². The van der Waals surface area contributed by atoms with Crippen LogP contribution in [0.1, 0.15) is 36.8 Å². The fourth-order valence-electron chi connectivity index (χ4n) is 2.80. The lowest BCUT2D eigenvalue weighted by Gasteiger charge is -2.44. The third-order valence-corrected chi connectivity index (χ3v) is 3.62. The van der Waals surface area contributed by atoms with Crippen LogP contribution in [0.15, 0.2) is 10.6 Å². The molecule has 1 atom stereocenters. The van der Waals surface area contributed by atoms with E-state index in [2.05, 4.69) is 16.1 Å². The molecule has 1 aromatic rings. The fourth-order valence-corrected chi connectivity index (χ4v) is 2.80. The molecule has 0 aliphatic carbocycles. The van der Waals surface area contributed by atoms with E-state index in [9.17, 15) is 0 Å². The Morgan fingerprint density at radius 3 is 2.71 bits per heavy atom. The van der Waals surface area contributed by atoms with Crippen LogP contribution >= 0.6 is 0 Å². The van der Waals surface area contributed by atoms with E-state index in [-0.39, 0.29) is 0 Å². The third-order valence-electron chi connectivity index (χ3n) is 3.62. The summed E-state index contributed by atoms with van der Waals surface area (Å²) in [5.41, 5.74) is 1.00. The van der Waals surface area contributed by atoms with E-state index in [4.69, 9.17) is 4.52 Å². The van der Waals surface area contributed by atoms with Crippen molar-refractivity contribution in [3.8, 4) is 0 Å². The predicted octanol–water partition coefficient (Wildman–Crippen LogP) is 2.14. The second kappa shape index (κ2) is 3.09. The normalized spacial score (nSPS) is 36.2. The van der Waals surface area contributed by atoms with Crippen LogP contribution in [0.3, 0.4) is 0 Å². The Bertz CT molecular complexity index is 326. The summed E-state index contributed by atoms with van der Waals surface area (Å²) in [5, 5.41) is 3.97. The number of nitrogens with zero attached hydrogens (tertiary/aromatic N) is 2. The molecule has 3 fully saturated rings. The van der Waals surface area contributed by atoms with Crippen LogP contribution in [0.2, 0.25) is 0 Å². The Morgan fingerprint density at radius 1 is 1.43 bits per heavy atom. The average Bonchev–Trinajstić information content (AvgIpc) is 2.66. The van der Waals surface area contributed by atoms with Crippen molar-refractivity contribution in [2.75, 3.05) is 13.1 Å². The lowest BCUT2D eigenvalue weighted by Crippen LogP contribution is -2.43. The first-order chi connectivity index (χ1) is 6.83. The molecule has 4 heterocycles. The summed E-state index contributed by atoms with van der Waals surface area (Å²) < 4.78 is 5.36. The molecule has 1 aromatic heterocycles. The molecule has 3 aliphatic rings. The van der Waals surface area contributed by atoms with Gasteiger partial charge in [-0.05, 0) is 45.2 Å². The quantitative estimate of drug-likeness (QED) is 0.682. The van der Waals surface area contributed by atoms with E-state index in [0.29, 0.717) is 6.04 Å². The number of piperidine rings is 3. The molecule has 14 heavy (non-hydrogen) atoms. The molecule has 0 aromatic carbocycles. The van der Waals surface area contributed by atoms with Crippen molar-refractivity contribution in [2.45, 2.75) is 32.2 Å². The van der Waals surface area contributed by atoms with Crippen molar-refractivity contribution in [3.63, 3.8) is 0 Å². The second-order valence-corrected chi connectivity index (χ2v) is 4.60. The van der Waals surface area contributed by atoms with E-state index >= 15 is 0 Å². The van der Waals surface area contributed by atoms with E-state index in [1.807, 2.05) is 6.92 Å². The fraction of sp³-hybridized carbons (Fsp3) is 0.727.